The summed E-state index contributed by atoms with van der Waals surface area (Å²) in [4.78, 5) is 0.773. The molecule has 3 rings (SSSR count). The fourth-order valence-corrected chi connectivity index (χ4v) is 4.93. The number of nitrogens with zero attached hydrogens (tertiary/aromatic N) is 1. The minimum absolute atomic E-state index is 0.341. The second kappa shape index (κ2) is 6.29. The molecular formula is C20H21NO2S. The molecule has 1 heterocycles. The van der Waals surface area contributed by atoms with Gasteiger partial charge in [0.05, 0.1) is 9.79 Å². The molecular weight excluding hydrogens is 318 g/mol. The summed E-state index contributed by atoms with van der Waals surface area (Å²) in [5.74, 6) is 0. The van der Waals surface area contributed by atoms with Crippen LogP contribution in [0.1, 0.15) is 22.5 Å². The van der Waals surface area contributed by atoms with Crippen LogP contribution in [0.4, 0.5) is 0 Å². The van der Waals surface area contributed by atoms with E-state index in [-0.39, 0.29) is 0 Å². The summed E-state index contributed by atoms with van der Waals surface area (Å²) in [6.45, 7) is 6.43. The van der Waals surface area contributed by atoms with Gasteiger partial charge in [-0.25, -0.2) is 8.42 Å². The van der Waals surface area contributed by atoms with Crippen LogP contribution in [-0.4, -0.2) is 13.0 Å². The Labute approximate surface area is 143 Å². The number of benzene rings is 2. The first kappa shape index (κ1) is 16.5. The normalized spacial score (nSPS) is 11.6. The first-order valence-corrected chi connectivity index (χ1v) is 9.41. The minimum Gasteiger partial charge on any atom is -0.343 e. The van der Waals surface area contributed by atoms with Gasteiger partial charge in [-0.2, -0.15) is 0 Å². The standard InChI is InChI=1S/C20H21NO2S/c1-15-16(2)21(14-18-10-6-4-7-11-18)17(3)20(15)24(22,23)19-12-8-5-9-13-19/h4-13H,14H2,1-3H3. The largest absolute Gasteiger partial charge is 0.343 e. The topological polar surface area (TPSA) is 39.1 Å². The molecule has 0 unspecified atom stereocenters. The number of hydrogen-bond donors (Lipinski definition) is 0. The second-order valence-electron chi connectivity index (χ2n) is 6.01. The van der Waals surface area contributed by atoms with Gasteiger partial charge in [0.2, 0.25) is 9.84 Å². The Bertz CT molecular complexity index is 956. The lowest BCUT2D eigenvalue weighted by atomic mass is 10.2. The number of sulfone groups is 1. The summed E-state index contributed by atoms with van der Waals surface area (Å²) >= 11 is 0. The van der Waals surface area contributed by atoms with Crippen molar-refractivity contribution in [2.24, 2.45) is 0 Å². The van der Waals surface area contributed by atoms with Crippen LogP contribution in [0.15, 0.2) is 70.5 Å². The highest BCUT2D eigenvalue weighted by Crippen LogP contribution is 2.31. The van der Waals surface area contributed by atoms with E-state index in [0.29, 0.717) is 16.3 Å². The van der Waals surface area contributed by atoms with Crippen molar-refractivity contribution in [2.45, 2.75) is 37.1 Å². The number of aromatic nitrogens is 1. The maximum atomic E-state index is 13.1. The number of rotatable bonds is 4. The van der Waals surface area contributed by atoms with Crippen LogP contribution in [0.3, 0.4) is 0 Å². The van der Waals surface area contributed by atoms with Crippen LogP contribution in [0, 0.1) is 20.8 Å². The molecule has 24 heavy (non-hydrogen) atoms. The van der Waals surface area contributed by atoms with Gasteiger partial charge >= 0.3 is 0 Å². The van der Waals surface area contributed by atoms with Gasteiger partial charge in [-0.1, -0.05) is 48.5 Å². The Balaban J connectivity index is 2.13. The van der Waals surface area contributed by atoms with Gasteiger partial charge in [-0.3, -0.25) is 0 Å². The van der Waals surface area contributed by atoms with Gasteiger partial charge in [0.1, 0.15) is 0 Å². The van der Waals surface area contributed by atoms with Crippen LogP contribution in [0.2, 0.25) is 0 Å². The van der Waals surface area contributed by atoms with Gasteiger partial charge in [0.25, 0.3) is 0 Å². The van der Waals surface area contributed by atoms with E-state index in [4.69, 9.17) is 0 Å². The van der Waals surface area contributed by atoms with Gasteiger partial charge in [0.15, 0.2) is 0 Å². The van der Waals surface area contributed by atoms with Crippen molar-refractivity contribution in [1.29, 1.82) is 0 Å². The minimum atomic E-state index is -3.52. The third kappa shape index (κ3) is 2.78. The quantitative estimate of drug-likeness (QED) is 0.711. The lowest BCUT2D eigenvalue weighted by molar-refractivity contribution is 0.594. The van der Waals surface area contributed by atoms with E-state index in [2.05, 4.69) is 16.7 Å². The SMILES string of the molecule is Cc1c(S(=O)(=O)c2ccccc2)c(C)n(Cc2ccccc2)c1C. The van der Waals surface area contributed by atoms with Crippen LogP contribution in [-0.2, 0) is 16.4 Å². The highest BCUT2D eigenvalue weighted by Gasteiger charge is 2.27. The van der Waals surface area contributed by atoms with E-state index in [9.17, 15) is 8.42 Å². The smallest absolute Gasteiger partial charge is 0.208 e. The molecule has 3 aromatic rings. The van der Waals surface area contributed by atoms with E-state index in [0.717, 1.165) is 22.5 Å². The molecule has 0 spiro atoms. The van der Waals surface area contributed by atoms with Crippen molar-refractivity contribution < 1.29 is 8.42 Å². The van der Waals surface area contributed by atoms with E-state index in [1.807, 2.05) is 45.0 Å². The van der Waals surface area contributed by atoms with E-state index in [1.54, 1.807) is 24.3 Å². The van der Waals surface area contributed by atoms with Crippen molar-refractivity contribution in [2.75, 3.05) is 0 Å². The summed E-state index contributed by atoms with van der Waals surface area (Å²) in [5, 5.41) is 0. The highest BCUT2D eigenvalue weighted by atomic mass is 32.2. The molecule has 0 aliphatic rings. The lowest BCUT2D eigenvalue weighted by Crippen LogP contribution is -2.07. The Kier molecular flexibility index (Phi) is 4.33. The zero-order chi connectivity index (χ0) is 17.3. The molecule has 0 amide bonds. The molecule has 0 saturated carbocycles. The molecule has 0 aliphatic carbocycles. The average molecular weight is 339 g/mol. The molecule has 0 fully saturated rings. The predicted octanol–water partition coefficient (Wildman–Crippen LogP) is 4.29. The monoisotopic (exact) mass is 339 g/mol. The Morgan fingerprint density at radius 2 is 1.33 bits per heavy atom. The summed E-state index contributed by atoms with van der Waals surface area (Å²) < 4.78 is 28.2. The molecule has 2 aromatic carbocycles. The van der Waals surface area contributed by atoms with E-state index >= 15 is 0 Å². The molecule has 124 valence electrons. The zero-order valence-electron chi connectivity index (χ0n) is 14.2. The summed E-state index contributed by atoms with van der Waals surface area (Å²) in [7, 11) is -3.52. The molecule has 0 aliphatic heterocycles. The van der Waals surface area contributed by atoms with Gasteiger partial charge in [-0.05, 0) is 44.0 Å². The van der Waals surface area contributed by atoms with Gasteiger partial charge in [-0.15, -0.1) is 0 Å². The van der Waals surface area contributed by atoms with Crippen molar-refractivity contribution >= 4 is 9.84 Å². The van der Waals surface area contributed by atoms with Crippen LogP contribution >= 0.6 is 0 Å². The fourth-order valence-electron chi connectivity index (χ4n) is 3.13. The van der Waals surface area contributed by atoms with Gasteiger partial charge in [0, 0.05) is 17.9 Å². The molecule has 0 saturated heterocycles. The Hall–Kier alpha value is -2.33. The molecule has 0 radical (unpaired) electrons. The fraction of sp³-hybridized carbons (Fsp3) is 0.200. The first-order valence-electron chi connectivity index (χ1n) is 7.93. The number of hydrogen-bond acceptors (Lipinski definition) is 2. The third-order valence-electron chi connectivity index (χ3n) is 4.53. The van der Waals surface area contributed by atoms with Crippen molar-refractivity contribution in [1.82, 2.24) is 4.57 Å². The maximum absolute atomic E-state index is 13.1. The molecule has 0 atom stereocenters. The molecule has 0 N–H and O–H groups in total. The summed E-state index contributed by atoms with van der Waals surface area (Å²) in [5.41, 5.74) is 3.76. The van der Waals surface area contributed by atoms with Gasteiger partial charge < -0.3 is 4.57 Å². The van der Waals surface area contributed by atoms with Crippen molar-refractivity contribution in [3.63, 3.8) is 0 Å². The Morgan fingerprint density at radius 3 is 1.92 bits per heavy atom. The van der Waals surface area contributed by atoms with Crippen LogP contribution in [0.5, 0.6) is 0 Å². The van der Waals surface area contributed by atoms with E-state index < -0.39 is 9.84 Å². The van der Waals surface area contributed by atoms with Crippen LogP contribution < -0.4 is 0 Å². The van der Waals surface area contributed by atoms with Crippen LogP contribution in [0.25, 0.3) is 0 Å². The zero-order valence-corrected chi connectivity index (χ0v) is 15.0. The van der Waals surface area contributed by atoms with Crippen molar-refractivity contribution in [3.05, 3.63) is 83.2 Å². The summed E-state index contributed by atoms with van der Waals surface area (Å²) in [6.07, 6.45) is 0. The first-order chi connectivity index (χ1) is 11.4. The maximum Gasteiger partial charge on any atom is 0.208 e. The van der Waals surface area contributed by atoms with Crippen molar-refractivity contribution in [3.8, 4) is 0 Å². The Morgan fingerprint density at radius 1 is 0.792 bits per heavy atom. The lowest BCUT2D eigenvalue weighted by Gasteiger charge is -2.10. The highest BCUT2D eigenvalue weighted by molar-refractivity contribution is 7.91. The summed E-state index contributed by atoms with van der Waals surface area (Å²) in [6, 6.07) is 18.7. The molecule has 4 heteroatoms. The van der Waals surface area contributed by atoms with E-state index in [1.165, 1.54) is 0 Å². The average Bonchev–Trinajstić information content (AvgIpc) is 2.80. The predicted molar refractivity (Wildman–Crippen MR) is 96.1 cm³/mol. The third-order valence-corrected chi connectivity index (χ3v) is 6.56. The molecule has 0 bridgehead atoms. The molecule has 3 nitrogen and oxygen atoms in total. The molecule has 1 aromatic heterocycles. The second-order valence-corrected chi connectivity index (χ2v) is 7.90.